The predicted molar refractivity (Wildman–Crippen MR) is 213 cm³/mol. The van der Waals surface area contributed by atoms with E-state index < -0.39 is 23.8 Å². The number of piperidine rings is 2. The zero-order valence-corrected chi connectivity index (χ0v) is 32.2. The molecule has 56 heavy (non-hydrogen) atoms. The molecule has 14 nitrogen and oxygen atoms in total. The van der Waals surface area contributed by atoms with Gasteiger partial charge in [0.2, 0.25) is 17.5 Å². The summed E-state index contributed by atoms with van der Waals surface area (Å²) in [6.45, 7) is 18.9. The first-order valence-corrected chi connectivity index (χ1v) is 20.0. The third-order valence-electron chi connectivity index (χ3n) is 12.9. The molecule has 1 unspecified atom stereocenters. The fourth-order valence-electron chi connectivity index (χ4n) is 9.72. The van der Waals surface area contributed by atoms with E-state index in [1.54, 1.807) is 12.1 Å². The summed E-state index contributed by atoms with van der Waals surface area (Å²) in [7, 11) is 0. The van der Waals surface area contributed by atoms with Crippen molar-refractivity contribution in [3.05, 3.63) is 76.4 Å². The van der Waals surface area contributed by atoms with Gasteiger partial charge in [-0.1, -0.05) is 17.7 Å². The molecule has 2 atom stereocenters. The van der Waals surface area contributed by atoms with Gasteiger partial charge < -0.3 is 19.6 Å². The molecule has 6 aliphatic heterocycles. The number of halogens is 1. The number of carbonyl (C=O) groups excluding carboxylic acids is 4. The van der Waals surface area contributed by atoms with Crippen LogP contribution in [0.2, 0.25) is 5.02 Å². The number of hydrogen-bond acceptors (Lipinski definition) is 11. The summed E-state index contributed by atoms with van der Waals surface area (Å²) in [5, 5.41) is 2.76. The standard InChI is InChI=1S/C41H45ClN10O4/c1-26-19-41(25-51(26)29-4-6-33(43-2)32(42)18-29)9-11-48(12-10-41)35-20-45-36(21-44-35)49-15-13-47(14-16-49)22-27-23-50(24-27)28-3-5-30-31(17-28)40(56)52(39(30)55)34-7-8-37(53)46-38(34)54/h3-6,17-18,20-21,26-27,34H,7-16,19,22-25H2,1H3,(H,46,53,54)/t26-,34?/m0/s1. The molecule has 5 fully saturated rings. The van der Waals surface area contributed by atoms with Gasteiger partial charge in [-0.3, -0.25) is 34.3 Å². The number of benzene rings is 2. The molecule has 1 aromatic heterocycles. The molecule has 1 N–H and O–H groups in total. The second kappa shape index (κ2) is 14.4. The summed E-state index contributed by atoms with van der Waals surface area (Å²) < 4.78 is 0. The van der Waals surface area contributed by atoms with Crippen LogP contribution in [0.1, 0.15) is 59.7 Å². The van der Waals surface area contributed by atoms with E-state index in [2.05, 4.69) is 41.6 Å². The molecule has 9 rings (SSSR count). The summed E-state index contributed by atoms with van der Waals surface area (Å²) in [6, 6.07) is 10.6. The molecule has 6 aliphatic rings. The summed E-state index contributed by atoms with van der Waals surface area (Å²) in [5.74, 6) is 0.411. The molecule has 4 amide bonds. The number of fused-ring (bicyclic) bond motifs is 1. The number of piperazine rings is 1. The van der Waals surface area contributed by atoms with E-state index in [0.717, 1.165) is 113 Å². The zero-order chi connectivity index (χ0) is 38.7. The molecule has 0 radical (unpaired) electrons. The zero-order valence-electron chi connectivity index (χ0n) is 31.5. The van der Waals surface area contributed by atoms with Gasteiger partial charge in [0.25, 0.3) is 11.8 Å². The van der Waals surface area contributed by atoms with Gasteiger partial charge in [-0.25, -0.2) is 14.8 Å². The van der Waals surface area contributed by atoms with Crippen LogP contribution < -0.4 is 24.9 Å². The number of hydrogen-bond donors (Lipinski definition) is 1. The Morgan fingerprint density at radius 3 is 2.20 bits per heavy atom. The minimum Gasteiger partial charge on any atom is -0.371 e. The predicted octanol–water partition coefficient (Wildman–Crippen LogP) is 4.23. The van der Waals surface area contributed by atoms with E-state index in [4.69, 9.17) is 28.1 Å². The van der Waals surface area contributed by atoms with Crippen molar-refractivity contribution in [1.29, 1.82) is 0 Å². The lowest BCUT2D eigenvalue weighted by molar-refractivity contribution is -0.136. The van der Waals surface area contributed by atoms with Crippen molar-refractivity contribution >= 4 is 63.9 Å². The van der Waals surface area contributed by atoms with Crippen molar-refractivity contribution in [1.82, 2.24) is 25.1 Å². The molecule has 1 spiro atoms. The molecule has 0 saturated carbocycles. The van der Waals surface area contributed by atoms with Crippen molar-refractivity contribution < 1.29 is 19.2 Å². The average Bonchev–Trinajstić information content (AvgIpc) is 3.64. The summed E-state index contributed by atoms with van der Waals surface area (Å²) in [5.41, 5.74) is 3.37. The van der Waals surface area contributed by atoms with Crippen LogP contribution in [-0.2, 0) is 9.59 Å². The number of amides is 4. The van der Waals surface area contributed by atoms with Crippen molar-refractivity contribution in [2.45, 2.75) is 51.1 Å². The minimum atomic E-state index is -0.962. The lowest BCUT2D eigenvalue weighted by Gasteiger charge is -2.45. The maximum atomic E-state index is 13.3. The highest BCUT2D eigenvalue weighted by Crippen LogP contribution is 2.46. The SMILES string of the molecule is [C-]#[N+]c1ccc(N2CC3(CCN(c4cnc(N5CCN(CC6CN(c7ccc8c(c7)C(=O)N(C7CCC(=O)NC7=O)C8=O)C6)CC5)cn4)CC3)C[C@@H]2C)cc1Cl. The van der Waals surface area contributed by atoms with Crippen molar-refractivity contribution in [2.75, 3.05) is 85.0 Å². The average molecular weight is 777 g/mol. The summed E-state index contributed by atoms with van der Waals surface area (Å²) in [4.78, 5) is 76.5. The smallest absolute Gasteiger partial charge is 0.262 e. The lowest BCUT2D eigenvalue weighted by atomic mass is 9.77. The fraction of sp³-hybridized carbons (Fsp3) is 0.488. The van der Waals surface area contributed by atoms with Gasteiger partial charge in [0, 0.05) is 100 Å². The molecule has 7 heterocycles. The van der Waals surface area contributed by atoms with Crippen molar-refractivity contribution in [3.63, 3.8) is 0 Å². The van der Waals surface area contributed by atoms with Gasteiger partial charge in [0.05, 0.1) is 30.1 Å². The first-order chi connectivity index (χ1) is 27.1. The highest BCUT2D eigenvalue weighted by Gasteiger charge is 2.46. The van der Waals surface area contributed by atoms with Gasteiger partial charge in [-0.2, -0.15) is 0 Å². The molecule has 5 saturated heterocycles. The van der Waals surface area contributed by atoms with Crippen LogP contribution in [-0.4, -0.2) is 121 Å². The monoisotopic (exact) mass is 776 g/mol. The maximum absolute atomic E-state index is 13.3. The normalized spacial score (nSPS) is 24.1. The second-order valence-electron chi connectivity index (χ2n) is 16.4. The van der Waals surface area contributed by atoms with E-state index in [1.807, 2.05) is 36.7 Å². The molecule has 0 bridgehead atoms. The molecule has 15 heteroatoms. The van der Waals surface area contributed by atoms with Gasteiger partial charge in [0.15, 0.2) is 0 Å². The molecular formula is C41H45ClN10O4. The Balaban J connectivity index is 0.725. The molecule has 290 valence electrons. The van der Waals surface area contributed by atoms with Gasteiger partial charge >= 0.3 is 0 Å². The first-order valence-electron chi connectivity index (χ1n) is 19.7. The van der Waals surface area contributed by atoms with Crippen LogP contribution in [0.25, 0.3) is 4.85 Å². The fourth-order valence-corrected chi connectivity index (χ4v) is 9.94. The third-order valence-corrected chi connectivity index (χ3v) is 13.2. The topological polar surface area (TPSA) is 130 Å². The van der Waals surface area contributed by atoms with E-state index >= 15 is 0 Å². The van der Waals surface area contributed by atoms with Gasteiger partial charge in [-0.15, -0.1) is 0 Å². The van der Waals surface area contributed by atoms with Crippen molar-refractivity contribution in [2.24, 2.45) is 11.3 Å². The highest BCUT2D eigenvalue weighted by atomic mass is 35.5. The Kier molecular flexibility index (Phi) is 9.32. The van der Waals surface area contributed by atoms with Gasteiger partial charge in [-0.05, 0) is 68.4 Å². The van der Waals surface area contributed by atoms with Crippen LogP contribution in [0, 0.1) is 17.9 Å². The quantitative estimate of drug-likeness (QED) is 0.274. The van der Waals surface area contributed by atoms with Crippen molar-refractivity contribution in [3.8, 4) is 0 Å². The summed E-state index contributed by atoms with van der Waals surface area (Å²) >= 11 is 6.38. The molecule has 0 aliphatic carbocycles. The minimum absolute atomic E-state index is 0.0993. The lowest BCUT2D eigenvalue weighted by Crippen LogP contribution is -2.55. The van der Waals surface area contributed by atoms with Gasteiger partial charge in [0.1, 0.15) is 17.7 Å². The van der Waals surface area contributed by atoms with Crippen LogP contribution in [0.3, 0.4) is 0 Å². The maximum Gasteiger partial charge on any atom is 0.262 e. The number of anilines is 4. The largest absolute Gasteiger partial charge is 0.371 e. The van der Waals surface area contributed by atoms with E-state index in [0.29, 0.717) is 33.8 Å². The number of aromatic nitrogens is 2. The number of rotatable bonds is 7. The Labute approximate surface area is 331 Å². The molecule has 3 aromatic rings. The second-order valence-corrected chi connectivity index (χ2v) is 16.8. The number of nitrogens with zero attached hydrogens (tertiary/aromatic N) is 9. The van der Waals surface area contributed by atoms with E-state index in [1.165, 1.54) is 0 Å². The Morgan fingerprint density at radius 2 is 1.54 bits per heavy atom. The Bertz CT molecular complexity index is 2120. The molecule has 2 aromatic carbocycles. The summed E-state index contributed by atoms with van der Waals surface area (Å²) in [6.07, 6.45) is 7.45. The third kappa shape index (κ3) is 6.60. The van der Waals surface area contributed by atoms with E-state index in [9.17, 15) is 19.2 Å². The Morgan fingerprint density at radius 1 is 0.857 bits per heavy atom. The number of carbonyl (C=O) groups is 4. The number of nitrogens with one attached hydrogen (secondary N) is 1. The van der Waals surface area contributed by atoms with Crippen LogP contribution in [0.4, 0.5) is 28.7 Å². The first kappa shape index (κ1) is 36.4. The highest BCUT2D eigenvalue weighted by molar-refractivity contribution is 6.33. The van der Waals surface area contributed by atoms with Crippen LogP contribution >= 0.6 is 11.6 Å². The Hall–Kier alpha value is -5.26. The van der Waals surface area contributed by atoms with E-state index in [-0.39, 0.29) is 24.2 Å². The number of imide groups is 2. The van der Waals surface area contributed by atoms with Crippen LogP contribution in [0.15, 0.2) is 48.8 Å². The molecular weight excluding hydrogens is 732 g/mol. The van der Waals surface area contributed by atoms with Crippen LogP contribution in [0.5, 0.6) is 0 Å².